The van der Waals surface area contributed by atoms with E-state index in [0.717, 1.165) is 5.56 Å². The average Bonchev–Trinajstić information content (AvgIpc) is 2.78. The Bertz CT molecular complexity index is 1060. The third-order valence-corrected chi connectivity index (χ3v) is 4.78. The molecule has 152 valence electrons. The van der Waals surface area contributed by atoms with Gasteiger partial charge in [0.1, 0.15) is 5.75 Å². The fourth-order valence-corrected chi connectivity index (χ4v) is 3.07. The topological polar surface area (TPSA) is 52.6 Å². The maximum absolute atomic E-state index is 13.0. The number of benzene rings is 3. The van der Waals surface area contributed by atoms with E-state index in [-0.39, 0.29) is 5.78 Å². The van der Waals surface area contributed by atoms with Crippen molar-refractivity contribution in [2.24, 2.45) is 0 Å². The van der Waals surface area contributed by atoms with Gasteiger partial charge in [-0.15, -0.1) is 0 Å². The molecule has 3 aromatic carbocycles. The summed E-state index contributed by atoms with van der Waals surface area (Å²) in [6.45, 7) is 1.56. The molecule has 4 nitrogen and oxygen atoms in total. The van der Waals surface area contributed by atoms with Gasteiger partial charge in [-0.1, -0.05) is 60.1 Å². The lowest BCUT2D eigenvalue weighted by atomic mass is 10.0. The quantitative estimate of drug-likeness (QED) is 0.213. The van der Waals surface area contributed by atoms with E-state index in [4.69, 9.17) is 21.1 Å². The Balaban J connectivity index is 1.90. The van der Waals surface area contributed by atoms with Crippen molar-refractivity contribution in [2.75, 3.05) is 7.11 Å². The van der Waals surface area contributed by atoms with Crippen LogP contribution in [0, 0.1) is 0 Å². The summed E-state index contributed by atoms with van der Waals surface area (Å²) in [5, 5.41) is 0.530. The van der Waals surface area contributed by atoms with Crippen LogP contribution in [0.3, 0.4) is 0 Å². The average molecular weight is 421 g/mol. The lowest BCUT2D eigenvalue weighted by Crippen LogP contribution is -2.25. The van der Waals surface area contributed by atoms with Crippen LogP contribution in [0.5, 0.6) is 5.75 Å². The van der Waals surface area contributed by atoms with Gasteiger partial charge in [-0.3, -0.25) is 4.79 Å². The Morgan fingerprint density at radius 3 is 2.17 bits per heavy atom. The third kappa shape index (κ3) is 5.16. The van der Waals surface area contributed by atoms with E-state index in [0.29, 0.717) is 27.5 Å². The van der Waals surface area contributed by atoms with E-state index in [1.54, 1.807) is 44.4 Å². The van der Waals surface area contributed by atoms with Gasteiger partial charge in [-0.05, 0) is 48.9 Å². The Morgan fingerprint density at radius 2 is 1.50 bits per heavy atom. The normalized spacial score (nSPS) is 12.2. The molecular formula is C25H21ClO4. The smallest absolute Gasteiger partial charge is 0.339 e. The first-order chi connectivity index (χ1) is 14.5. The van der Waals surface area contributed by atoms with Gasteiger partial charge in [0.2, 0.25) is 5.78 Å². The Hall–Kier alpha value is -3.37. The molecule has 0 amide bonds. The molecule has 0 saturated heterocycles. The zero-order valence-corrected chi connectivity index (χ0v) is 17.4. The van der Waals surface area contributed by atoms with Gasteiger partial charge in [0.25, 0.3) is 0 Å². The Morgan fingerprint density at radius 1 is 0.867 bits per heavy atom. The largest absolute Gasteiger partial charge is 0.496 e. The van der Waals surface area contributed by atoms with Crippen LogP contribution >= 0.6 is 11.6 Å². The summed E-state index contributed by atoms with van der Waals surface area (Å²) in [7, 11) is 1.57. The van der Waals surface area contributed by atoms with Crippen LogP contribution in [-0.2, 0) is 9.53 Å². The van der Waals surface area contributed by atoms with Crippen LogP contribution in [-0.4, -0.2) is 25.0 Å². The maximum Gasteiger partial charge on any atom is 0.339 e. The van der Waals surface area contributed by atoms with Crippen molar-refractivity contribution in [2.45, 2.75) is 13.0 Å². The van der Waals surface area contributed by atoms with Crippen molar-refractivity contribution >= 4 is 35.0 Å². The van der Waals surface area contributed by atoms with Gasteiger partial charge in [-0.25, -0.2) is 4.79 Å². The maximum atomic E-state index is 13.0. The number of halogens is 1. The second kappa shape index (κ2) is 9.90. The number of para-hydroxylation sites is 1. The minimum Gasteiger partial charge on any atom is -0.496 e. The lowest BCUT2D eigenvalue weighted by Gasteiger charge is -2.15. The number of carbonyl (C=O) groups is 2. The minimum atomic E-state index is -0.955. The molecule has 1 atom stereocenters. The summed E-state index contributed by atoms with van der Waals surface area (Å²) >= 11 is 5.88. The first-order valence-corrected chi connectivity index (χ1v) is 9.78. The molecule has 0 aliphatic heterocycles. The highest BCUT2D eigenvalue weighted by molar-refractivity contribution is 6.30. The molecule has 3 rings (SSSR count). The van der Waals surface area contributed by atoms with Gasteiger partial charge in [0.05, 0.1) is 12.7 Å². The Labute approximate surface area is 180 Å². The standard InChI is InChI=1S/C25H21ClO4/c1-17(24(27)19-12-14-21(26)15-13-19)30-25(28)22(18-8-4-3-5-9-18)16-20-10-6-7-11-23(20)29-2/h3-17H,1-2H3/b22-16+/t17-/m0/s1. The van der Waals surface area contributed by atoms with Crippen molar-refractivity contribution in [3.05, 3.63) is 101 Å². The molecule has 0 N–H and O–H groups in total. The fourth-order valence-electron chi connectivity index (χ4n) is 2.95. The van der Waals surface area contributed by atoms with Gasteiger partial charge >= 0.3 is 5.97 Å². The van der Waals surface area contributed by atoms with E-state index in [1.807, 2.05) is 54.6 Å². The molecule has 3 aromatic rings. The second-order valence-electron chi connectivity index (χ2n) is 6.58. The minimum absolute atomic E-state index is 0.301. The first kappa shape index (κ1) is 21.3. The van der Waals surface area contributed by atoms with Crippen molar-refractivity contribution in [1.29, 1.82) is 0 Å². The van der Waals surface area contributed by atoms with Crippen LogP contribution in [0.15, 0.2) is 78.9 Å². The third-order valence-electron chi connectivity index (χ3n) is 4.53. The van der Waals surface area contributed by atoms with Crippen molar-refractivity contribution in [1.82, 2.24) is 0 Å². The molecule has 0 bridgehead atoms. The molecule has 0 aliphatic carbocycles. The van der Waals surface area contributed by atoms with Gasteiger partial charge in [-0.2, -0.15) is 0 Å². The van der Waals surface area contributed by atoms with E-state index >= 15 is 0 Å². The first-order valence-electron chi connectivity index (χ1n) is 9.40. The molecule has 0 aromatic heterocycles. The predicted octanol–water partition coefficient (Wildman–Crippen LogP) is 5.70. The summed E-state index contributed by atoms with van der Waals surface area (Å²) in [4.78, 5) is 25.7. The highest BCUT2D eigenvalue weighted by Crippen LogP contribution is 2.26. The number of hydrogen-bond donors (Lipinski definition) is 0. The zero-order valence-electron chi connectivity index (χ0n) is 16.7. The molecule has 30 heavy (non-hydrogen) atoms. The van der Waals surface area contributed by atoms with E-state index in [2.05, 4.69) is 0 Å². The number of methoxy groups -OCH3 is 1. The molecule has 0 aliphatic rings. The van der Waals surface area contributed by atoms with Crippen LogP contribution in [0.25, 0.3) is 11.6 Å². The number of ether oxygens (including phenoxy) is 2. The molecular weight excluding hydrogens is 400 g/mol. The number of ketones is 1. The number of esters is 1. The SMILES string of the molecule is COc1ccccc1/C=C(/C(=O)O[C@@H](C)C(=O)c1ccc(Cl)cc1)c1ccccc1. The van der Waals surface area contributed by atoms with Crippen LogP contribution < -0.4 is 4.74 Å². The molecule has 0 fully saturated rings. The summed E-state index contributed by atoms with van der Waals surface area (Å²) in [5.74, 6) is -0.268. The van der Waals surface area contributed by atoms with Gasteiger partial charge < -0.3 is 9.47 Å². The summed E-state index contributed by atoms with van der Waals surface area (Å²) < 4.78 is 10.9. The number of rotatable bonds is 7. The molecule has 5 heteroatoms. The molecule has 0 heterocycles. The molecule has 0 spiro atoms. The van der Waals surface area contributed by atoms with Gasteiger partial charge in [0.15, 0.2) is 6.10 Å². The Kier molecular flexibility index (Phi) is 7.04. The van der Waals surface area contributed by atoms with Crippen LogP contribution in [0.2, 0.25) is 5.02 Å². The second-order valence-corrected chi connectivity index (χ2v) is 7.02. The highest BCUT2D eigenvalue weighted by Gasteiger charge is 2.23. The number of hydrogen-bond acceptors (Lipinski definition) is 4. The number of carbonyl (C=O) groups excluding carboxylic acids is 2. The van der Waals surface area contributed by atoms with Crippen LogP contribution in [0.1, 0.15) is 28.4 Å². The predicted molar refractivity (Wildman–Crippen MR) is 119 cm³/mol. The van der Waals surface area contributed by atoms with E-state index in [1.165, 1.54) is 0 Å². The van der Waals surface area contributed by atoms with Crippen molar-refractivity contribution < 1.29 is 19.1 Å². The van der Waals surface area contributed by atoms with Crippen molar-refractivity contribution in [3.63, 3.8) is 0 Å². The summed E-state index contributed by atoms with van der Waals surface area (Å²) in [5.41, 5.74) is 2.16. The van der Waals surface area contributed by atoms with Gasteiger partial charge in [0, 0.05) is 16.1 Å². The molecule has 0 saturated carbocycles. The van der Waals surface area contributed by atoms with E-state index in [9.17, 15) is 9.59 Å². The highest BCUT2D eigenvalue weighted by atomic mass is 35.5. The summed E-state index contributed by atoms with van der Waals surface area (Å²) in [6, 6.07) is 23.0. The lowest BCUT2D eigenvalue weighted by molar-refractivity contribution is -0.139. The molecule has 0 unspecified atom stereocenters. The van der Waals surface area contributed by atoms with E-state index < -0.39 is 12.1 Å². The van der Waals surface area contributed by atoms with Crippen molar-refractivity contribution in [3.8, 4) is 5.75 Å². The van der Waals surface area contributed by atoms with Crippen LogP contribution in [0.4, 0.5) is 0 Å². The monoisotopic (exact) mass is 420 g/mol. The zero-order chi connectivity index (χ0) is 21.5. The fraction of sp³-hybridized carbons (Fsp3) is 0.120. The number of Topliss-reactive ketones (excluding diaryl/α,β-unsaturated/α-hetero) is 1. The molecule has 0 radical (unpaired) electrons. The summed E-state index contributed by atoms with van der Waals surface area (Å²) in [6.07, 6.45) is 0.749.